The van der Waals surface area contributed by atoms with Crippen molar-refractivity contribution in [2.75, 3.05) is 5.32 Å². The fraction of sp³-hybridized carbons (Fsp3) is 0.462. The van der Waals surface area contributed by atoms with E-state index in [-0.39, 0.29) is 0 Å². The summed E-state index contributed by atoms with van der Waals surface area (Å²) in [6.45, 7) is 1.36. The molecule has 3 nitrogen and oxygen atoms in total. The van der Waals surface area contributed by atoms with Crippen LogP contribution in [-0.2, 0) is 9.53 Å². The van der Waals surface area contributed by atoms with E-state index in [1.54, 1.807) is 0 Å². The number of hydrogen-bond donors (Lipinski definition) is 1. The Morgan fingerprint density at radius 2 is 1.41 bits per heavy atom. The normalized spacial score (nSPS) is 16.0. The monoisotopic (exact) mass is 419 g/mol. The molecule has 0 saturated carbocycles. The van der Waals surface area contributed by atoms with Gasteiger partial charge in [-0.1, -0.05) is 12.1 Å². The molecule has 0 bridgehead atoms. The van der Waals surface area contributed by atoms with Crippen molar-refractivity contribution in [1.82, 2.24) is 0 Å². The van der Waals surface area contributed by atoms with E-state index in [0.29, 0.717) is 5.56 Å². The second-order valence-electron chi connectivity index (χ2n) is 5.11. The summed E-state index contributed by atoms with van der Waals surface area (Å²) >= 11 is 0. The molecule has 0 saturated heterocycles. The number of ether oxygens (including phenoxy) is 1. The van der Waals surface area contributed by atoms with Gasteiger partial charge in [0.2, 0.25) is 0 Å². The fourth-order valence-corrected chi connectivity index (χ4v) is 1.57. The van der Waals surface area contributed by atoms with E-state index in [1.807, 2.05) is 0 Å². The quantitative estimate of drug-likeness (QED) is 0.685. The van der Waals surface area contributed by atoms with Gasteiger partial charge in [-0.15, -0.1) is 0 Å². The smallest absolute Gasteiger partial charge is 0.321 e. The van der Waals surface area contributed by atoms with Crippen molar-refractivity contribution in [3.8, 4) is 0 Å². The lowest BCUT2D eigenvalue weighted by molar-refractivity contribution is -0.472. The van der Waals surface area contributed by atoms with E-state index >= 15 is 0 Å². The first-order chi connectivity index (χ1) is 11.8. The zero-order valence-electron chi connectivity index (χ0n) is 12.8. The van der Waals surface area contributed by atoms with Gasteiger partial charge < -0.3 is 5.32 Å². The molecule has 14 heteroatoms. The Bertz CT molecular complexity index is 698. The second kappa shape index (κ2) is 6.80. The van der Waals surface area contributed by atoms with E-state index in [1.165, 1.54) is 13.0 Å². The predicted octanol–water partition coefficient (Wildman–Crippen LogP) is 4.97. The van der Waals surface area contributed by atoms with Crippen LogP contribution >= 0.6 is 0 Å². The van der Waals surface area contributed by atoms with Crippen molar-refractivity contribution in [2.24, 2.45) is 0 Å². The van der Waals surface area contributed by atoms with E-state index in [9.17, 15) is 53.1 Å². The van der Waals surface area contributed by atoms with Gasteiger partial charge in [-0.2, -0.15) is 48.3 Å². The lowest BCUT2D eigenvalue weighted by Crippen LogP contribution is -2.62. The Kier molecular flexibility index (Phi) is 5.77. The Morgan fingerprint density at radius 3 is 1.81 bits per heavy atom. The summed E-state index contributed by atoms with van der Waals surface area (Å²) < 4.78 is 142. The summed E-state index contributed by atoms with van der Waals surface area (Å²) in [7, 11) is 0. The maximum atomic E-state index is 14.0. The third kappa shape index (κ3) is 4.42. The van der Waals surface area contributed by atoms with Crippen molar-refractivity contribution in [1.29, 1.82) is 0 Å². The zero-order valence-corrected chi connectivity index (χ0v) is 12.8. The first kappa shape index (κ1) is 22.9. The minimum atomic E-state index is -7.23. The lowest BCUT2D eigenvalue weighted by Gasteiger charge is -2.34. The van der Waals surface area contributed by atoms with E-state index in [0.717, 1.165) is 23.5 Å². The molecule has 1 rings (SSSR count). The molecule has 1 N–H and O–H groups in total. The summed E-state index contributed by atoms with van der Waals surface area (Å²) in [4.78, 5) is 11.5. The van der Waals surface area contributed by atoms with Crippen LogP contribution in [0.15, 0.2) is 24.3 Å². The van der Waals surface area contributed by atoms with Crippen LogP contribution in [0.5, 0.6) is 0 Å². The Morgan fingerprint density at radius 1 is 0.889 bits per heavy atom. The number of halogens is 11. The number of aryl methyl sites for hydroxylation is 1. The summed E-state index contributed by atoms with van der Waals surface area (Å²) in [6.07, 6.45) is -20.9. The van der Waals surface area contributed by atoms with Crippen molar-refractivity contribution >= 4 is 11.6 Å². The maximum absolute atomic E-state index is 14.0. The van der Waals surface area contributed by atoms with Crippen molar-refractivity contribution < 1.29 is 57.8 Å². The highest BCUT2D eigenvalue weighted by Crippen LogP contribution is 2.51. The molecule has 0 aromatic heterocycles. The van der Waals surface area contributed by atoms with Gasteiger partial charge in [0.25, 0.3) is 5.91 Å². The van der Waals surface area contributed by atoms with Crippen LogP contribution in [0.25, 0.3) is 0 Å². The zero-order chi connectivity index (χ0) is 21.5. The molecule has 0 heterocycles. The van der Waals surface area contributed by atoms with Gasteiger partial charge in [0.05, 0.1) is 0 Å². The fourth-order valence-electron chi connectivity index (χ4n) is 1.57. The average Bonchev–Trinajstić information content (AvgIpc) is 2.44. The van der Waals surface area contributed by atoms with Gasteiger partial charge in [-0.05, 0) is 24.6 Å². The number of benzene rings is 1. The molecule has 0 fully saturated rings. The molecular weight excluding hydrogens is 411 g/mol. The lowest BCUT2D eigenvalue weighted by atomic mass is 10.2. The van der Waals surface area contributed by atoms with Crippen molar-refractivity contribution in [3.63, 3.8) is 0 Å². The molecule has 1 atom stereocenters. The summed E-state index contributed by atoms with van der Waals surface area (Å²) in [5.41, 5.74) is -0.306. The number of carbonyl (C=O) groups excluding carboxylic acids is 1. The van der Waals surface area contributed by atoms with Crippen LogP contribution in [0.1, 0.15) is 5.56 Å². The number of rotatable bonds is 5. The summed E-state index contributed by atoms with van der Waals surface area (Å²) in [5, 5.41) is 1.12. The van der Waals surface area contributed by atoms with E-state index in [4.69, 9.17) is 0 Å². The molecule has 0 aliphatic carbocycles. The largest absolute Gasteiger partial charge is 0.462 e. The van der Waals surface area contributed by atoms with Gasteiger partial charge in [0.15, 0.2) is 0 Å². The number of nitrogens with one attached hydrogen (secondary N) is 1. The molecule has 0 spiro atoms. The van der Waals surface area contributed by atoms with Gasteiger partial charge in [0, 0.05) is 5.69 Å². The SMILES string of the molecule is Cc1cccc(NC(=O)C(F)(OC(F)(F)C(F)(F)C(F)(F)F)C(F)(F)F)c1. The topological polar surface area (TPSA) is 38.3 Å². The van der Waals surface area contributed by atoms with Crippen LogP contribution in [0.3, 0.4) is 0 Å². The second-order valence-corrected chi connectivity index (χ2v) is 5.11. The molecular formula is C13H8F11NO2. The molecule has 1 amide bonds. The van der Waals surface area contributed by atoms with E-state index < -0.39 is 41.8 Å². The molecule has 0 radical (unpaired) electrons. The molecule has 154 valence electrons. The highest BCUT2D eigenvalue weighted by Gasteiger charge is 2.79. The molecule has 1 unspecified atom stereocenters. The molecule has 0 aliphatic rings. The molecule has 1 aromatic rings. The van der Waals surface area contributed by atoms with Gasteiger partial charge >= 0.3 is 30.2 Å². The van der Waals surface area contributed by atoms with Crippen molar-refractivity contribution in [3.05, 3.63) is 29.8 Å². The maximum Gasteiger partial charge on any atom is 0.462 e. The number of amides is 1. The molecule has 1 aromatic carbocycles. The van der Waals surface area contributed by atoms with Crippen LogP contribution < -0.4 is 5.32 Å². The van der Waals surface area contributed by atoms with Gasteiger partial charge in [-0.3, -0.25) is 9.53 Å². The first-order valence-electron chi connectivity index (χ1n) is 6.51. The predicted molar refractivity (Wildman–Crippen MR) is 66.7 cm³/mol. The van der Waals surface area contributed by atoms with Crippen LogP contribution in [0.2, 0.25) is 0 Å². The summed E-state index contributed by atoms with van der Waals surface area (Å²) in [6, 6.07) is 4.28. The van der Waals surface area contributed by atoms with E-state index in [2.05, 4.69) is 4.74 Å². The Labute approximate surface area is 143 Å². The third-order valence-electron chi connectivity index (χ3n) is 2.92. The standard InChI is InChI=1S/C13H8F11NO2/c1-6-3-2-4-7(5-6)25-8(26)9(14,11(17,18)19)27-13(23,24)10(15,16)12(20,21)22/h2-5H,1H3,(H,25,26). The minimum Gasteiger partial charge on any atom is -0.321 e. The number of hydrogen-bond acceptors (Lipinski definition) is 2. The molecule has 27 heavy (non-hydrogen) atoms. The van der Waals surface area contributed by atoms with Gasteiger partial charge in [-0.25, -0.2) is 0 Å². The Balaban J connectivity index is 3.30. The highest BCUT2D eigenvalue weighted by atomic mass is 19.4. The minimum absolute atomic E-state index is 0.291. The third-order valence-corrected chi connectivity index (χ3v) is 2.92. The van der Waals surface area contributed by atoms with Gasteiger partial charge in [0.1, 0.15) is 0 Å². The Hall–Kier alpha value is -2.12. The first-order valence-corrected chi connectivity index (χ1v) is 6.51. The number of anilines is 1. The van der Waals surface area contributed by atoms with Crippen LogP contribution in [0, 0.1) is 6.92 Å². The average molecular weight is 419 g/mol. The van der Waals surface area contributed by atoms with Crippen LogP contribution in [0.4, 0.5) is 54.0 Å². The number of carbonyl (C=O) groups is 1. The van der Waals surface area contributed by atoms with Crippen molar-refractivity contribution in [2.45, 2.75) is 37.2 Å². The van der Waals surface area contributed by atoms with Crippen LogP contribution in [-0.4, -0.2) is 36.1 Å². The molecule has 0 aliphatic heterocycles. The highest BCUT2D eigenvalue weighted by molar-refractivity contribution is 5.96. The number of alkyl halides is 11. The summed E-state index contributed by atoms with van der Waals surface area (Å²) in [5.74, 6) is -16.5.